The molecule has 20 heavy (non-hydrogen) atoms. The lowest BCUT2D eigenvalue weighted by Crippen LogP contribution is -2.53. The van der Waals surface area contributed by atoms with Gasteiger partial charge in [-0.05, 0) is 43.6 Å². The highest BCUT2D eigenvalue weighted by Crippen LogP contribution is 2.22. The van der Waals surface area contributed by atoms with E-state index in [0.29, 0.717) is 19.4 Å². The summed E-state index contributed by atoms with van der Waals surface area (Å²) in [5.74, 6) is -0.421. The van der Waals surface area contributed by atoms with E-state index in [-0.39, 0.29) is 24.1 Å². The van der Waals surface area contributed by atoms with Gasteiger partial charge in [-0.3, -0.25) is 4.79 Å². The van der Waals surface area contributed by atoms with Crippen molar-refractivity contribution in [3.63, 3.8) is 0 Å². The highest BCUT2D eigenvalue weighted by molar-refractivity contribution is 5.85. The second-order valence-electron chi connectivity index (χ2n) is 4.76. The van der Waals surface area contributed by atoms with E-state index in [1.54, 1.807) is 19.2 Å². The summed E-state index contributed by atoms with van der Waals surface area (Å²) in [6.07, 6.45) is 1.30. The fourth-order valence-electron chi connectivity index (χ4n) is 2.34. The van der Waals surface area contributed by atoms with Crippen LogP contribution in [0.4, 0.5) is 4.39 Å². The third-order valence-electron chi connectivity index (χ3n) is 3.56. The van der Waals surface area contributed by atoms with Crippen molar-refractivity contribution in [3.05, 3.63) is 35.6 Å². The van der Waals surface area contributed by atoms with Gasteiger partial charge in [0.2, 0.25) is 0 Å². The van der Waals surface area contributed by atoms with Gasteiger partial charge < -0.3 is 15.4 Å². The molecule has 0 atom stereocenters. The van der Waals surface area contributed by atoms with E-state index < -0.39 is 5.60 Å². The quantitative estimate of drug-likeness (QED) is 0.889. The Labute approximate surface area is 124 Å². The smallest absolute Gasteiger partial charge is 0.252 e. The number of carbonyl (C=O) groups is 1. The molecule has 0 unspecified atom stereocenters. The van der Waals surface area contributed by atoms with E-state index in [2.05, 4.69) is 10.6 Å². The van der Waals surface area contributed by atoms with Crippen LogP contribution in [0.3, 0.4) is 0 Å². The molecule has 0 radical (unpaired) electrons. The Morgan fingerprint density at radius 1 is 1.45 bits per heavy atom. The van der Waals surface area contributed by atoms with E-state index in [4.69, 9.17) is 4.74 Å². The van der Waals surface area contributed by atoms with Crippen molar-refractivity contribution in [1.82, 2.24) is 10.6 Å². The van der Waals surface area contributed by atoms with Gasteiger partial charge in [0.25, 0.3) is 5.91 Å². The molecule has 2 rings (SSSR count). The minimum Gasteiger partial charge on any atom is -0.368 e. The average Bonchev–Trinajstić information content (AvgIpc) is 2.45. The van der Waals surface area contributed by atoms with E-state index in [1.165, 1.54) is 12.1 Å². The number of hydrogen-bond acceptors (Lipinski definition) is 3. The number of benzene rings is 1. The number of ether oxygens (including phenoxy) is 1. The monoisotopic (exact) mass is 302 g/mol. The summed E-state index contributed by atoms with van der Waals surface area (Å²) in [5, 5.41) is 6.03. The maximum atomic E-state index is 13.0. The van der Waals surface area contributed by atoms with Gasteiger partial charge in [0.05, 0.1) is 0 Å². The lowest BCUT2D eigenvalue weighted by molar-refractivity contribution is -0.146. The van der Waals surface area contributed by atoms with Gasteiger partial charge in [-0.15, -0.1) is 12.4 Å². The van der Waals surface area contributed by atoms with Crippen LogP contribution in [0.25, 0.3) is 0 Å². The Hall–Kier alpha value is -1.17. The number of piperidine rings is 1. The minimum atomic E-state index is -0.751. The fourth-order valence-corrected chi connectivity index (χ4v) is 2.34. The summed E-state index contributed by atoms with van der Waals surface area (Å²) >= 11 is 0. The SMILES string of the molecule is COC1(C(=O)NCc2cccc(F)c2)CCNCC1.Cl. The zero-order valence-corrected chi connectivity index (χ0v) is 12.3. The first kappa shape index (κ1) is 16.9. The van der Waals surface area contributed by atoms with Gasteiger partial charge in [0, 0.05) is 13.7 Å². The van der Waals surface area contributed by atoms with Crippen LogP contribution in [0.1, 0.15) is 18.4 Å². The summed E-state index contributed by atoms with van der Waals surface area (Å²) in [4.78, 5) is 12.3. The summed E-state index contributed by atoms with van der Waals surface area (Å²) in [5.41, 5.74) is -0.00740. The Bertz CT molecular complexity index is 451. The van der Waals surface area contributed by atoms with Gasteiger partial charge >= 0.3 is 0 Å². The molecule has 2 N–H and O–H groups in total. The molecule has 1 aromatic rings. The number of halogens is 2. The Balaban J connectivity index is 0.00000200. The molecule has 0 aliphatic carbocycles. The zero-order chi connectivity index (χ0) is 13.7. The molecular formula is C14H20ClFN2O2. The van der Waals surface area contributed by atoms with Gasteiger partial charge in [-0.25, -0.2) is 4.39 Å². The van der Waals surface area contributed by atoms with Gasteiger partial charge in [-0.1, -0.05) is 12.1 Å². The molecule has 112 valence electrons. The van der Waals surface area contributed by atoms with Gasteiger partial charge in [0.1, 0.15) is 11.4 Å². The topological polar surface area (TPSA) is 50.4 Å². The average molecular weight is 303 g/mol. The Kier molecular flexibility index (Phi) is 6.39. The van der Waals surface area contributed by atoms with E-state index >= 15 is 0 Å². The number of carbonyl (C=O) groups excluding carboxylic acids is 1. The first-order chi connectivity index (χ1) is 9.16. The molecule has 1 aromatic carbocycles. The summed E-state index contributed by atoms with van der Waals surface area (Å²) in [6, 6.07) is 6.22. The van der Waals surface area contributed by atoms with Crippen molar-refractivity contribution >= 4 is 18.3 Å². The molecule has 1 saturated heterocycles. The van der Waals surface area contributed by atoms with Crippen LogP contribution in [-0.2, 0) is 16.1 Å². The number of nitrogens with one attached hydrogen (secondary N) is 2. The standard InChI is InChI=1S/C14H19FN2O2.ClH/c1-19-14(5-7-16-8-6-14)13(18)17-10-11-3-2-4-12(15)9-11;/h2-4,9,16H,5-8,10H2,1H3,(H,17,18);1H. The summed E-state index contributed by atoms with van der Waals surface area (Å²) < 4.78 is 18.5. The molecule has 0 aromatic heterocycles. The summed E-state index contributed by atoms with van der Waals surface area (Å²) in [7, 11) is 1.56. The van der Waals surface area contributed by atoms with E-state index in [1.807, 2.05) is 0 Å². The fraction of sp³-hybridized carbons (Fsp3) is 0.500. The third kappa shape index (κ3) is 3.91. The van der Waals surface area contributed by atoms with Crippen LogP contribution in [-0.4, -0.2) is 31.7 Å². The van der Waals surface area contributed by atoms with Crippen LogP contribution in [0, 0.1) is 5.82 Å². The minimum absolute atomic E-state index is 0. The number of amides is 1. The van der Waals surface area contributed by atoms with E-state index in [0.717, 1.165) is 18.7 Å². The second-order valence-corrected chi connectivity index (χ2v) is 4.76. The molecule has 1 amide bonds. The maximum absolute atomic E-state index is 13.0. The van der Waals surface area contributed by atoms with Crippen molar-refractivity contribution < 1.29 is 13.9 Å². The van der Waals surface area contributed by atoms with E-state index in [9.17, 15) is 9.18 Å². The molecule has 0 bridgehead atoms. The van der Waals surface area contributed by atoms with Gasteiger partial charge in [-0.2, -0.15) is 0 Å². The Morgan fingerprint density at radius 3 is 2.75 bits per heavy atom. The molecule has 1 fully saturated rings. The predicted molar refractivity (Wildman–Crippen MR) is 77.3 cm³/mol. The first-order valence-electron chi connectivity index (χ1n) is 6.45. The van der Waals surface area contributed by atoms with Crippen molar-refractivity contribution in [2.24, 2.45) is 0 Å². The molecule has 0 spiro atoms. The third-order valence-corrected chi connectivity index (χ3v) is 3.56. The number of hydrogen-bond donors (Lipinski definition) is 2. The molecule has 1 aliphatic heterocycles. The van der Waals surface area contributed by atoms with Gasteiger partial charge in [0.15, 0.2) is 0 Å². The normalized spacial score (nSPS) is 17.1. The van der Waals surface area contributed by atoms with Crippen LogP contribution in [0.2, 0.25) is 0 Å². The molecule has 0 saturated carbocycles. The Morgan fingerprint density at radius 2 is 2.15 bits per heavy atom. The highest BCUT2D eigenvalue weighted by Gasteiger charge is 2.39. The molecule has 1 aliphatic rings. The van der Waals surface area contributed by atoms with Crippen LogP contribution in [0.15, 0.2) is 24.3 Å². The lowest BCUT2D eigenvalue weighted by atomic mass is 9.91. The molecule has 6 heteroatoms. The van der Waals surface area contributed by atoms with Crippen LogP contribution < -0.4 is 10.6 Å². The van der Waals surface area contributed by atoms with Crippen LogP contribution >= 0.6 is 12.4 Å². The largest absolute Gasteiger partial charge is 0.368 e. The highest BCUT2D eigenvalue weighted by atomic mass is 35.5. The first-order valence-corrected chi connectivity index (χ1v) is 6.45. The molecular weight excluding hydrogens is 283 g/mol. The lowest BCUT2D eigenvalue weighted by Gasteiger charge is -2.34. The zero-order valence-electron chi connectivity index (χ0n) is 11.4. The summed E-state index contributed by atoms with van der Waals surface area (Å²) in [6.45, 7) is 1.84. The van der Waals surface area contributed by atoms with Crippen molar-refractivity contribution in [1.29, 1.82) is 0 Å². The predicted octanol–water partition coefficient (Wildman–Crippen LogP) is 1.63. The molecule has 4 nitrogen and oxygen atoms in total. The van der Waals surface area contributed by atoms with Crippen molar-refractivity contribution in [3.8, 4) is 0 Å². The number of rotatable bonds is 4. The molecule has 1 heterocycles. The maximum Gasteiger partial charge on any atom is 0.252 e. The van der Waals surface area contributed by atoms with Crippen molar-refractivity contribution in [2.75, 3.05) is 20.2 Å². The second kappa shape index (κ2) is 7.57. The van der Waals surface area contributed by atoms with Crippen LogP contribution in [0.5, 0.6) is 0 Å². The number of methoxy groups -OCH3 is 1. The van der Waals surface area contributed by atoms with Crippen molar-refractivity contribution in [2.45, 2.75) is 25.0 Å².